The molecule has 0 radical (unpaired) electrons. The van der Waals surface area contributed by atoms with Crippen molar-refractivity contribution in [3.8, 4) is 0 Å². The van der Waals surface area contributed by atoms with Crippen LogP contribution in [0.1, 0.15) is 45.5 Å². The Morgan fingerprint density at radius 2 is 1.80 bits per heavy atom. The SMILES string of the molecule is Cc1cccc(C(=O)c2ccc3c(c2)CCCC3)c1I. The van der Waals surface area contributed by atoms with E-state index in [1.54, 1.807) is 0 Å². The third-order valence-corrected chi connectivity index (χ3v) is 5.48. The van der Waals surface area contributed by atoms with E-state index >= 15 is 0 Å². The lowest BCUT2D eigenvalue weighted by atomic mass is 9.89. The Labute approximate surface area is 133 Å². The lowest BCUT2D eigenvalue weighted by Gasteiger charge is -2.16. The molecule has 2 heteroatoms. The van der Waals surface area contributed by atoms with Gasteiger partial charge in [0.05, 0.1) is 0 Å². The van der Waals surface area contributed by atoms with Gasteiger partial charge in [0.25, 0.3) is 0 Å². The fraction of sp³-hybridized carbons (Fsp3) is 0.278. The van der Waals surface area contributed by atoms with Crippen LogP contribution in [0, 0.1) is 10.5 Å². The largest absolute Gasteiger partial charge is 0.289 e. The molecule has 2 aromatic carbocycles. The van der Waals surface area contributed by atoms with Crippen molar-refractivity contribution in [3.05, 3.63) is 67.8 Å². The molecule has 0 unspecified atom stereocenters. The maximum Gasteiger partial charge on any atom is 0.194 e. The summed E-state index contributed by atoms with van der Waals surface area (Å²) in [7, 11) is 0. The number of carbonyl (C=O) groups excluding carboxylic acids is 1. The van der Waals surface area contributed by atoms with Gasteiger partial charge in [0, 0.05) is 14.7 Å². The van der Waals surface area contributed by atoms with E-state index in [9.17, 15) is 4.79 Å². The Morgan fingerprint density at radius 3 is 2.60 bits per heavy atom. The Balaban J connectivity index is 2.00. The van der Waals surface area contributed by atoms with Gasteiger partial charge in [-0.2, -0.15) is 0 Å². The predicted octanol–water partition coefficient (Wildman–Crippen LogP) is 4.71. The molecule has 3 rings (SSSR count). The van der Waals surface area contributed by atoms with Gasteiger partial charge in [-0.25, -0.2) is 0 Å². The lowest BCUT2D eigenvalue weighted by molar-refractivity contribution is 0.103. The van der Waals surface area contributed by atoms with Crippen molar-refractivity contribution in [1.82, 2.24) is 0 Å². The number of fused-ring (bicyclic) bond motifs is 1. The summed E-state index contributed by atoms with van der Waals surface area (Å²) in [4.78, 5) is 12.7. The molecule has 0 saturated heterocycles. The minimum Gasteiger partial charge on any atom is -0.289 e. The van der Waals surface area contributed by atoms with Crippen LogP contribution in [0.5, 0.6) is 0 Å². The highest BCUT2D eigenvalue weighted by Crippen LogP contribution is 2.25. The fourth-order valence-electron chi connectivity index (χ4n) is 2.85. The minimum atomic E-state index is 0.145. The number of halogens is 1. The summed E-state index contributed by atoms with van der Waals surface area (Å²) in [6.07, 6.45) is 4.79. The predicted molar refractivity (Wildman–Crippen MR) is 90.4 cm³/mol. The second kappa shape index (κ2) is 5.68. The van der Waals surface area contributed by atoms with E-state index in [2.05, 4.69) is 34.7 Å². The molecule has 0 N–H and O–H groups in total. The van der Waals surface area contributed by atoms with Crippen molar-refractivity contribution < 1.29 is 4.79 Å². The van der Waals surface area contributed by atoms with E-state index in [0.29, 0.717) is 0 Å². The van der Waals surface area contributed by atoms with Crippen molar-refractivity contribution in [3.63, 3.8) is 0 Å². The highest BCUT2D eigenvalue weighted by atomic mass is 127. The average Bonchev–Trinajstić information content (AvgIpc) is 2.49. The van der Waals surface area contributed by atoms with Gasteiger partial charge in [0.2, 0.25) is 0 Å². The van der Waals surface area contributed by atoms with Crippen LogP contribution in [0.15, 0.2) is 36.4 Å². The Hall–Kier alpha value is -1.16. The number of hydrogen-bond donors (Lipinski definition) is 0. The summed E-state index contributed by atoms with van der Waals surface area (Å²) >= 11 is 2.27. The van der Waals surface area contributed by atoms with Crippen LogP contribution >= 0.6 is 22.6 Å². The van der Waals surface area contributed by atoms with E-state index in [1.165, 1.54) is 24.0 Å². The first-order valence-corrected chi connectivity index (χ1v) is 8.16. The van der Waals surface area contributed by atoms with Gasteiger partial charge < -0.3 is 0 Å². The van der Waals surface area contributed by atoms with Gasteiger partial charge in [-0.05, 0) is 84.0 Å². The molecule has 0 aromatic heterocycles. The molecular weight excluding hydrogens is 359 g/mol. The molecule has 2 aromatic rings. The van der Waals surface area contributed by atoms with Gasteiger partial charge >= 0.3 is 0 Å². The Bertz CT molecular complexity index is 673. The normalized spacial score (nSPS) is 13.9. The van der Waals surface area contributed by atoms with Crippen LogP contribution in [0.3, 0.4) is 0 Å². The molecule has 1 aliphatic rings. The van der Waals surface area contributed by atoms with Crippen LogP contribution in [0.25, 0.3) is 0 Å². The lowest BCUT2D eigenvalue weighted by Crippen LogP contribution is -2.08. The second-order valence-electron chi connectivity index (χ2n) is 5.46. The molecule has 0 aliphatic heterocycles. The summed E-state index contributed by atoms with van der Waals surface area (Å²) in [5, 5.41) is 0. The zero-order valence-corrected chi connectivity index (χ0v) is 13.7. The quantitative estimate of drug-likeness (QED) is 0.548. The third kappa shape index (κ3) is 2.53. The minimum absolute atomic E-state index is 0.145. The first-order chi connectivity index (χ1) is 9.66. The maximum absolute atomic E-state index is 12.7. The molecule has 0 heterocycles. The highest BCUT2D eigenvalue weighted by Gasteiger charge is 2.16. The molecule has 0 amide bonds. The van der Waals surface area contributed by atoms with E-state index < -0.39 is 0 Å². The van der Waals surface area contributed by atoms with Crippen molar-refractivity contribution in [2.75, 3.05) is 0 Å². The summed E-state index contributed by atoms with van der Waals surface area (Å²) in [5.41, 5.74) is 5.60. The molecular formula is C18H17IO. The third-order valence-electron chi connectivity index (χ3n) is 4.05. The first-order valence-electron chi connectivity index (χ1n) is 7.08. The molecule has 0 atom stereocenters. The van der Waals surface area contributed by atoms with Crippen LogP contribution < -0.4 is 0 Å². The second-order valence-corrected chi connectivity index (χ2v) is 6.53. The number of hydrogen-bond acceptors (Lipinski definition) is 1. The topological polar surface area (TPSA) is 17.1 Å². The monoisotopic (exact) mass is 376 g/mol. The van der Waals surface area contributed by atoms with Crippen molar-refractivity contribution >= 4 is 28.4 Å². The van der Waals surface area contributed by atoms with E-state index in [-0.39, 0.29) is 5.78 Å². The van der Waals surface area contributed by atoms with E-state index in [0.717, 1.165) is 33.1 Å². The number of rotatable bonds is 2. The fourth-order valence-corrected chi connectivity index (χ4v) is 3.46. The van der Waals surface area contributed by atoms with E-state index in [1.807, 2.05) is 31.2 Å². The van der Waals surface area contributed by atoms with Crippen LogP contribution in [-0.2, 0) is 12.8 Å². The van der Waals surface area contributed by atoms with Gasteiger partial charge in [0.1, 0.15) is 0 Å². The first kappa shape index (κ1) is 13.8. The zero-order chi connectivity index (χ0) is 14.1. The Kier molecular flexibility index (Phi) is 3.92. The molecule has 20 heavy (non-hydrogen) atoms. The van der Waals surface area contributed by atoms with Gasteiger partial charge in [0.15, 0.2) is 5.78 Å². The molecule has 0 bridgehead atoms. The molecule has 0 spiro atoms. The van der Waals surface area contributed by atoms with Gasteiger partial charge in [-0.15, -0.1) is 0 Å². The maximum atomic E-state index is 12.7. The zero-order valence-electron chi connectivity index (χ0n) is 11.6. The van der Waals surface area contributed by atoms with Crippen molar-refractivity contribution in [2.45, 2.75) is 32.6 Å². The number of aryl methyl sites for hydroxylation is 3. The van der Waals surface area contributed by atoms with Crippen LogP contribution in [0.4, 0.5) is 0 Å². The van der Waals surface area contributed by atoms with Gasteiger partial charge in [-0.1, -0.05) is 24.3 Å². The van der Waals surface area contributed by atoms with Crippen molar-refractivity contribution in [2.24, 2.45) is 0 Å². The summed E-state index contributed by atoms with van der Waals surface area (Å²) < 4.78 is 1.06. The number of ketones is 1. The standard InChI is InChI=1S/C18H17IO/c1-12-5-4-8-16(17(12)19)18(20)15-10-9-13-6-2-3-7-14(13)11-15/h4-5,8-11H,2-3,6-7H2,1H3. The van der Waals surface area contributed by atoms with Crippen LogP contribution in [-0.4, -0.2) is 5.78 Å². The highest BCUT2D eigenvalue weighted by molar-refractivity contribution is 14.1. The number of carbonyl (C=O) groups is 1. The van der Waals surface area contributed by atoms with E-state index in [4.69, 9.17) is 0 Å². The molecule has 0 saturated carbocycles. The summed E-state index contributed by atoms with van der Waals surface area (Å²) in [6.45, 7) is 2.05. The average molecular weight is 376 g/mol. The molecule has 102 valence electrons. The molecule has 1 aliphatic carbocycles. The van der Waals surface area contributed by atoms with Crippen molar-refractivity contribution in [1.29, 1.82) is 0 Å². The molecule has 0 fully saturated rings. The van der Waals surface area contributed by atoms with Gasteiger partial charge in [-0.3, -0.25) is 4.79 Å². The summed E-state index contributed by atoms with van der Waals surface area (Å²) in [5.74, 6) is 0.145. The van der Waals surface area contributed by atoms with Crippen LogP contribution in [0.2, 0.25) is 0 Å². The Morgan fingerprint density at radius 1 is 1.05 bits per heavy atom. The number of benzene rings is 2. The summed E-state index contributed by atoms with van der Waals surface area (Å²) in [6, 6.07) is 12.2. The smallest absolute Gasteiger partial charge is 0.194 e. The molecule has 1 nitrogen and oxygen atoms in total.